The molecule has 1 aliphatic heterocycles. The van der Waals surface area contributed by atoms with Crippen molar-refractivity contribution in [3.8, 4) is 0 Å². The molecule has 1 fully saturated rings. The highest BCUT2D eigenvalue weighted by Crippen LogP contribution is 2.23. The minimum absolute atomic E-state index is 0.000568. The number of carbonyl (C=O) groups excluding carboxylic acids is 2. The largest absolute Gasteiger partial charge is 0.372 e. The summed E-state index contributed by atoms with van der Waals surface area (Å²) in [6, 6.07) is 10.2. The number of halogens is 1. The Labute approximate surface area is 172 Å². The quantitative estimate of drug-likeness (QED) is 0.682. The Morgan fingerprint density at radius 1 is 1.32 bits per heavy atom. The average Bonchev–Trinajstić information content (AvgIpc) is 3.16. The third-order valence-electron chi connectivity index (χ3n) is 4.67. The lowest BCUT2D eigenvalue weighted by Crippen LogP contribution is -2.38. The SMILES string of the molecule is NC(=O)NC(CC(=O)N1CCC(OCc2cccnc2)C1)c1ccc(Br)cc1. The van der Waals surface area contributed by atoms with E-state index in [4.69, 9.17) is 10.5 Å². The number of benzene rings is 1. The van der Waals surface area contributed by atoms with Crippen molar-refractivity contribution in [3.63, 3.8) is 0 Å². The standard InChI is InChI=1S/C20H23BrN4O3/c21-16-5-3-15(4-6-16)18(24-20(22)27)10-19(26)25-9-7-17(12-25)28-13-14-2-1-8-23-11-14/h1-6,8,11,17-18H,7,9-10,12-13H2,(H3,22,24,27). The molecule has 2 aromatic rings. The van der Waals surface area contributed by atoms with Crippen molar-refractivity contribution in [3.05, 3.63) is 64.4 Å². The third kappa shape index (κ3) is 5.77. The molecule has 0 radical (unpaired) electrons. The fourth-order valence-corrected chi connectivity index (χ4v) is 3.48. The number of pyridine rings is 1. The highest BCUT2D eigenvalue weighted by molar-refractivity contribution is 9.10. The first kappa shape index (κ1) is 20.3. The van der Waals surface area contributed by atoms with Crippen LogP contribution in [0, 0.1) is 0 Å². The molecular formula is C20H23BrN4O3. The smallest absolute Gasteiger partial charge is 0.312 e. The second kappa shape index (κ2) is 9.66. The first-order chi connectivity index (χ1) is 13.5. The molecule has 0 bridgehead atoms. The zero-order valence-electron chi connectivity index (χ0n) is 15.4. The maximum atomic E-state index is 12.8. The monoisotopic (exact) mass is 446 g/mol. The number of aromatic nitrogens is 1. The van der Waals surface area contributed by atoms with E-state index < -0.39 is 12.1 Å². The number of nitrogens with one attached hydrogen (secondary N) is 1. The Kier molecular flexibility index (Phi) is 7.00. The number of nitrogens with two attached hydrogens (primary N) is 1. The molecule has 1 aliphatic rings. The van der Waals surface area contributed by atoms with Gasteiger partial charge >= 0.3 is 6.03 Å². The maximum Gasteiger partial charge on any atom is 0.312 e. The van der Waals surface area contributed by atoms with Gasteiger partial charge in [-0.05, 0) is 35.7 Å². The number of urea groups is 1. The second-order valence-electron chi connectivity index (χ2n) is 6.74. The normalized spacial score (nSPS) is 17.3. The Morgan fingerprint density at radius 3 is 2.79 bits per heavy atom. The summed E-state index contributed by atoms with van der Waals surface area (Å²) in [4.78, 5) is 30.0. The number of primary amides is 1. The predicted molar refractivity (Wildman–Crippen MR) is 108 cm³/mol. The first-order valence-corrected chi connectivity index (χ1v) is 9.90. The van der Waals surface area contributed by atoms with Gasteiger partial charge in [0.25, 0.3) is 0 Å². The van der Waals surface area contributed by atoms with E-state index in [2.05, 4.69) is 26.2 Å². The summed E-state index contributed by atoms with van der Waals surface area (Å²) in [5.41, 5.74) is 7.14. The number of hydrogen-bond acceptors (Lipinski definition) is 4. The summed E-state index contributed by atoms with van der Waals surface area (Å²) in [5, 5.41) is 2.67. The van der Waals surface area contributed by atoms with Crippen molar-refractivity contribution in [2.75, 3.05) is 13.1 Å². The number of nitrogens with zero attached hydrogens (tertiary/aromatic N) is 2. The molecule has 2 atom stereocenters. The molecule has 7 nitrogen and oxygen atoms in total. The van der Waals surface area contributed by atoms with Crippen LogP contribution in [0.15, 0.2) is 53.3 Å². The molecule has 8 heteroatoms. The van der Waals surface area contributed by atoms with Gasteiger partial charge in [0.1, 0.15) is 0 Å². The van der Waals surface area contributed by atoms with Crippen LogP contribution in [0.5, 0.6) is 0 Å². The zero-order valence-corrected chi connectivity index (χ0v) is 17.0. The molecule has 28 heavy (non-hydrogen) atoms. The summed E-state index contributed by atoms with van der Waals surface area (Å²) in [5.74, 6) is -0.0332. The fraction of sp³-hybridized carbons (Fsp3) is 0.350. The molecule has 0 aliphatic carbocycles. The van der Waals surface area contributed by atoms with Crippen molar-refractivity contribution < 1.29 is 14.3 Å². The van der Waals surface area contributed by atoms with Gasteiger partial charge in [-0.3, -0.25) is 9.78 Å². The Balaban J connectivity index is 1.55. The van der Waals surface area contributed by atoms with Crippen LogP contribution < -0.4 is 11.1 Å². The van der Waals surface area contributed by atoms with Crippen LogP contribution in [0.4, 0.5) is 4.79 Å². The van der Waals surface area contributed by atoms with Gasteiger partial charge in [-0.25, -0.2) is 4.79 Å². The number of amides is 3. The fourth-order valence-electron chi connectivity index (χ4n) is 3.21. The van der Waals surface area contributed by atoms with Gasteiger partial charge in [0.05, 0.1) is 25.2 Å². The van der Waals surface area contributed by atoms with Gasteiger partial charge in [0.15, 0.2) is 0 Å². The molecular weight excluding hydrogens is 424 g/mol. The Hall–Kier alpha value is -2.45. The molecule has 1 aromatic heterocycles. The van der Waals surface area contributed by atoms with Crippen LogP contribution in [-0.4, -0.2) is 41.0 Å². The molecule has 2 unspecified atom stereocenters. The van der Waals surface area contributed by atoms with Crippen molar-refractivity contribution in [1.82, 2.24) is 15.2 Å². The van der Waals surface area contributed by atoms with E-state index in [0.717, 1.165) is 22.0 Å². The van der Waals surface area contributed by atoms with E-state index in [1.54, 1.807) is 17.3 Å². The Bertz CT molecular complexity index is 801. The number of rotatable bonds is 7. The Morgan fingerprint density at radius 2 is 2.11 bits per heavy atom. The predicted octanol–water partition coefficient (Wildman–Crippen LogP) is 2.76. The summed E-state index contributed by atoms with van der Waals surface area (Å²) in [6.45, 7) is 1.66. The highest BCUT2D eigenvalue weighted by atomic mass is 79.9. The van der Waals surface area contributed by atoms with Crippen LogP contribution in [0.2, 0.25) is 0 Å². The molecule has 3 N–H and O–H groups in total. The lowest BCUT2D eigenvalue weighted by Gasteiger charge is -2.22. The van der Waals surface area contributed by atoms with E-state index in [1.807, 2.05) is 36.4 Å². The van der Waals surface area contributed by atoms with Crippen LogP contribution >= 0.6 is 15.9 Å². The van der Waals surface area contributed by atoms with E-state index in [9.17, 15) is 9.59 Å². The molecule has 3 rings (SSSR count). The van der Waals surface area contributed by atoms with Gasteiger partial charge in [-0.1, -0.05) is 34.1 Å². The summed E-state index contributed by atoms with van der Waals surface area (Å²) >= 11 is 3.38. The van der Waals surface area contributed by atoms with Crippen molar-refractivity contribution in [1.29, 1.82) is 0 Å². The lowest BCUT2D eigenvalue weighted by atomic mass is 10.0. The van der Waals surface area contributed by atoms with E-state index in [1.165, 1.54) is 0 Å². The van der Waals surface area contributed by atoms with Crippen LogP contribution in [0.1, 0.15) is 30.0 Å². The van der Waals surface area contributed by atoms with E-state index >= 15 is 0 Å². The molecule has 3 amide bonds. The maximum absolute atomic E-state index is 12.8. The molecule has 0 spiro atoms. The third-order valence-corrected chi connectivity index (χ3v) is 5.20. The molecule has 148 valence electrons. The van der Waals surface area contributed by atoms with Crippen molar-refractivity contribution in [2.45, 2.75) is 31.6 Å². The number of carbonyl (C=O) groups is 2. The van der Waals surface area contributed by atoms with Crippen molar-refractivity contribution in [2.24, 2.45) is 5.73 Å². The van der Waals surface area contributed by atoms with Crippen LogP contribution in [0.25, 0.3) is 0 Å². The topological polar surface area (TPSA) is 97.5 Å². The number of ether oxygens (including phenoxy) is 1. The van der Waals surface area contributed by atoms with Crippen LogP contribution in [-0.2, 0) is 16.1 Å². The minimum atomic E-state index is -0.653. The van der Waals surface area contributed by atoms with Gasteiger partial charge in [-0.2, -0.15) is 0 Å². The molecule has 0 saturated carbocycles. The molecule has 2 heterocycles. The molecule has 1 saturated heterocycles. The number of likely N-dealkylation sites (tertiary alicyclic amines) is 1. The summed E-state index contributed by atoms with van der Waals surface area (Å²) in [7, 11) is 0. The average molecular weight is 447 g/mol. The highest BCUT2D eigenvalue weighted by Gasteiger charge is 2.29. The van der Waals surface area contributed by atoms with E-state index in [0.29, 0.717) is 19.7 Å². The zero-order chi connectivity index (χ0) is 19.9. The van der Waals surface area contributed by atoms with Gasteiger partial charge < -0.3 is 20.7 Å². The minimum Gasteiger partial charge on any atom is -0.372 e. The van der Waals surface area contributed by atoms with Gasteiger partial charge in [0.2, 0.25) is 5.91 Å². The summed E-state index contributed by atoms with van der Waals surface area (Å²) in [6.07, 6.45) is 4.44. The number of hydrogen-bond donors (Lipinski definition) is 2. The van der Waals surface area contributed by atoms with Gasteiger partial charge in [0, 0.05) is 30.0 Å². The van der Waals surface area contributed by atoms with Gasteiger partial charge in [-0.15, -0.1) is 0 Å². The first-order valence-electron chi connectivity index (χ1n) is 9.11. The van der Waals surface area contributed by atoms with Crippen LogP contribution in [0.3, 0.4) is 0 Å². The second-order valence-corrected chi connectivity index (χ2v) is 7.66. The van der Waals surface area contributed by atoms with Crippen molar-refractivity contribution >= 4 is 27.9 Å². The summed E-state index contributed by atoms with van der Waals surface area (Å²) < 4.78 is 6.83. The van der Waals surface area contributed by atoms with E-state index in [-0.39, 0.29) is 18.4 Å². The molecule has 1 aromatic carbocycles. The lowest BCUT2D eigenvalue weighted by molar-refractivity contribution is -0.131.